The molecule has 0 aliphatic carbocycles. The summed E-state index contributed by atoms with van der Waals surface area (Å²) in [5, 5.41) is 0. The van der Waals surface area contributed by atoms with Gasteiger partial charge in [0.25, 0.3) is 0 Å². The van der Waals surface area contributed by atoms with Crippen molar-refractivity contribution in [1.29, 1.82) is 0 Å². The van der Waals surface area contributed by atoms with E-state index in [1.165, 1.54) is 0 Å². The highest BCUT2D eigenvalue weighted by molar-refractivity contribution is 5.79. The van der Waals surface area contributed by atoms with Crippen LogP contribution in [0, 0.1) is 5.92 Å². The first-order valence-corrected chi connectivity index (χ1v) is 4.70. The maximum Gasteiger partial charge on any atom is 0.235 e. The highest BCUT2D eigenvalue weighted by atomic mass is 16.1. The molecule has 78 valence electrons. The van der Waals surface area contributed by atoms with Crippen LogP contribution in [-0.2, 0) is 4.79 Å². The largest absolute Gasteiger partial charge is 0.368 e. The summed E-state index contributed by atoms with van der Waals surface area (Å²) >= 11 is 0. The molecule has 0 radical (unpaired) electrons. The molecule has 0 heterocycles. The summed E-state index contributed by atoms with van der Waals surface area (Å²) in [4.78, 5) is 12.7. The van der Waals surface area contributed by atoms with Gasteiger partial charge in [0.05, 0.1) is 6.04 Å². The molecule has 1 amide bonds. The smallest absolute Gasteiger partial charge is 0.235 e. The molecule has 2 unspecified atom stereocenters. The van der Waals surface area contributed by atoms with Crippen LogP contribution in [0.3, 0.4) is 0 Å². The second-order valence-corrected chi connectivity index (χ2v) is 3.74. The van der Waals surface area contributed by atoms with Gasteiger partial charge in [0.15, 0.2) is 0 Å². The molecule has 0 aromatic carbocycles. The molecule has 2 atom stereocenters. The summed E-state index contributed by atoms with van der Waals surface area (Å²) < 4.78 is 0. The first kappa shape index (κ1) is 12.4. The SMILES string of the molecule is CCC(C)CN(C)CC(N)C(N)=O. The Bertz CT molecular complexity index is 161. The first-order chi connectivity index (χ1) is 5.97. The summed E-state index contributed by atoms with van der Waals surface area (Å²) in [5.74, 6) is 0.195. The van der Waals surface area contributed by atoms with Gasteiger partial charge < -0.3 is 16.4 Å². The molecule has 0 aromatic rings. The summed E-state index contributed by atoms with van der Waals surface area (Å²) in [7, 11) is 1.95. The predicted molar refractivity (Wildman–Crippen MR) is 54.1 cm³/mol. The Balaban J connectivity index is 3.73. The molecule has 4 N–H and O–H groups in total. The fourth-order valence-electron chi connectivity index (χ4n) is 1.16. The molecule has 0 bridgehead atoms. The van der Waals surface area contributed by atoms with Crippen LogP contribution in [0.5, 0.6) is 0 Å². The number of carbonyl (C=O) groups is 1. The van der Waals surface area contributed by atoms with Crippen LogP contribution >= 0.6 is 0 Å². The standard InChI is InChI=1S/C9H21N3O/c1-4-7(2)5-12(3)6-8(10)9(11)13/h7-8H,4-6,10H2,1-3H3,(H2,11,13). The molecule has 0 rings (SSSR count). The molecular weight excluding hydrogens is 166 g/mol. The zero-order chi connectivity index (χ0) is 10.4. The van der Waals surface area contributed by atoms with Crippen molar-refractivity contribution in [3.05, 3.63) is 0 Å². The Hall–Kier alpha value is -0.610. The van der Waals surface area contributed by atoms with Crippen LogP contribution in [0.25, 0.3) is 0 Å². The van der Waals surface area contributed by atoms with Gasteiger partial charge in [-0.3, -0.25) is 4.79 Å². The van der Waals surface area contributed by atoms with Gasteiger partial charge in [-0.25, -0.2) is 0 Å². The molecule has 4 heteroatoms. The quantitative estimate of drug-likeness (QED) is 0.603. The van der Waals surface area contributed by atoms with E-state index < -0.39 is 11.9 Å². The van der Waals surface area contributed by atoms with E-state index in [0.29, 0.717) is 12.5 Å². The van der Waals surface area contributed by atoms with Crippen molar-refractivity contribution in [2.24, 2.45) is 17.4 Å². The summed E-state index contributed by atoms with van der Waals surface area (Å²) in [5.41, 5.74) is 10.6. The van der Waals surface area contributed by atoms with Gasteiger partial charge in [-0.2, -0.15) is 0 Å². The fraction of sp³-hybridized carbons (Fsp3) is 0.889. The van der Waals surface area contributed by atoms with Gasteiger partial charge >= 0.3 is 0 Å². The van der Waals surface area contributed by atoms with Crippen molar-refractivity contribution in [3.8, 4) is 0 Å². The average molecular weight is 187 g/mol. The lowest BCUT2D eigenvalue weighted by Crippen LogP contribution is -2.45. The van der Waals surface area contributed by atoms with Crippen molar-refractivity contribution in [1.82, 2.24) is 4.90 Å². The van der Waals surface area contributed by atoms with E-state index in [9.17, 15) is 4.79 Å². The highest BCUT2D eigenvalue weighted by Crippen LogP contribution is 2.02. The van der Waals surface area contributed by atoms with Gasteiger partial charge in [0.2, 0.25) is 5.91 Å². The van der Waals surface area contributed by atoms with Gasteiger partial charge in [-0.15, -0.1) is 0 Å². The molecule has 0 saturated carbocycles. The van der Waals surface area contributed by atoms with E-state index in [1.807, 2.05) is 11.9 Å². The molecule has 0 aromatic heterocycles. The zero-order valence-corrected chi connectivity index (χ0v) is 8.79. The molecular formula is C9H21N3O. The number of nitrogens with two attached hydrogens (primary N) is 2. The summed E-state index contributed by atoms with van der Waals surface area (Å²) in [6.07, 6.45) is 1.14. The van der Waals surface area contributed by atoms with E-state index in [0.717, 1.165) is 13.0 Å². The fourth-order valence-corrected chi connectivity index (χ4v) is 1.16. The Morgan fingerprint density at radius 1 is 1.46 bits per heavy atom. The monoisotopic (exact) mass is 187 g/mol. The Morgan fingerprint density at radius 3 is 2.38 bits per heavy atom. The molecule has 0 fully saturated rings. The van der Waals surface area contributed by atoms with Crippen molar-refractivity contribution in [2.75, 3.05) is 20.1 Å². The summed E-state index contributed by atoms with van der Waals surface area (Å²) in [6.45, 7) is 5.82. The third-order valence-electron chi connectivity index (χ3n) is 2.19. The first-order valence-electron chi connectivity index (χ1n) is 4.70. The van der Waals surface area contributed by atoms with E-state index in [1.54, 1.807) is 0 Å². The van der Waals surface area contributed by atoms with Crippen molar-refractivity contribution in [3.63, 3.8) is 0 Å². The van der Waals surface area contributed by atoms with Gasteiger partial charge in [0.1, 0.15) is 0 Å². The average Bonchev–Trinajstić information content (AvgIpc) is 2.03. The van der Waals surface area contributed by atoms with Crippen molar-refractivity contribution in [2.45, 2.75) is 26.3 Å². The van der Waals surface area contributed by atoms with Gasteiger partial charge in [-0.1, -0.05) is 20.3 Å². The molecule has 13 heavy (non-hydrogen) atoms. The minimum atomic E-state index is -0.547. The van der Waals surface area contributed by atoms with Crippen LogP contribution in [0.1, 0.15) is 20.3 Å². The minimum Gasteiger partial charge on any atom is -0.368 e. The second-order valence-electron chi connectivity index (χ2n) is 3.74. The van der Waals surface area contributed by atoms with E-state index >= 15 is 0 Å². The third kappa shape index (κ3) is 5.60. The van der Waals surface area contributed by atoms with Gasteiger partial charge in [0, 0.05) is 13.1 Å². The minimum absolute atomic E-state index is 0.434. The van der Waals surface area contributed by atoms with Crippen molar-refractivity contribution >= 4 is 5.91 Å². The number of likely N-dealkylation sites (N-methyl/N-ethyl adjacent to an activating group) is 1. The maximum absolute atomic E-state index is 10.7. The Labute approximate surface area is 80.3 Å². The number of carbonyl (C=O) groups excluding carboxylic acids is 1. The number of rotatable bonds is 6. The number of hydrogen-bond acceptors (Lipinski definition) is 3. The normalized spacial score (nSPS) is 15.8. The molecule has 0 spiro atoms. The molecule has 0 aliphatic heterocycles. The topological polar surface area (TPSA) is 72.3 Å². The number of nitrogens with zero attached hydrogens (tertiary/aromatic N) is 1. The third-order valence-corrected chi connectivity index (χ3v) is 2.19. The van der Waals surface area contributed by atoms with Crippen LogP contribution in [0.15, 0.2) is 0 Å². The molecule has 0 aliphatic rings. The highest BCUT2D eigenvalue weighted by Gasteiger charge is 2.13. The van der Waals surface area contributed by atoms with Crippen LogP contribution < -0.4 is 11.5 Å². The van der Waals surface area contributed by atoms with Crippen LogP contribution in [-0.4, -0.2) is 37.0 Å². The van der Waals surface area contributed by atoms with E-state index in [-0.39, 0.29) is 0 Å². The van der Waals surface area contributed by atoms with Gasteiger partial charge in [-0.05, 0) is 13.0 Å². The van der Waals surface area contributed by atoms with Crippen LogP contribution in [0.2, 0.25) is 0 Å². The predicted octanol–water partition coefficient (Wildman–Crippen LogP) is -0.223. The second kappa shape index (κ2) is 5.94. The summed E-state index contributed by atoms with van der Waals surface area (Å²) in [6, 6.07) is -0.547. The maximum atomic E-state index is 10.7. The zero-order valence-electron chi connectivity index (χ0n) is 8.79. The lowest BCUT2D eigenvalue weighted by Gasteiger charge is -2.22. The van der Waals surface area contributed by atoms with Crippen LogP contribution in [0.4, 0.5) is 0 Å². The van der Waals surface area contributed by atoms with E-state index in [4.69, 9.17) is 11.5 Å². The Morgan fingerprint density at radius 2 is 2.00 bits per heavy atom. The lowest BCUT2D eigenvalue weighted by molar-refractivity contribution is -0.119. The Kier molecular flexibility index (Phi) is 5.66. The number of hydrogen-bond donors (Lipinski definition) is 2. The molecule has 0 saturated heterocycles. The number of amides is 1. The molecule has 4 nitrogen and oxygen atoms in total. The van der Waals surface area contributed by atoms with E-state index in [2.05, 4.69) is 13.8 Å². The lowest BCUT2D eigenvalue weighted by atomic mass is 10.1. The number of primary amides is 1. The van der Waals surface area contributed by atoms with Crippen molar-refractivity contribution < 1.29 is 4.79 Å².